The zero-order valence-electron chi connectivity index (χ0n) is 21.7. The van der Waals surface area contributed by atoms with Crippen molar-refractivity contribution in [3.63, 3.8) is 0 Å². The second-order valence-electron chi connectivity index (χ2n) is 10.9. The van der Waals surface area contributed by atoms with Crippen molar-refractivity contribution in [1.82, 2.24) is 20.3 Å². The first-order valence-corrected chi connectivity index (χ1v) is 16.3. The van der Waals surface area contributed by atoms with Gasteiger partial charge in [0.2, 0.25) is 5.91 Å². The van der Waals surface area contributed by atoms with Gasteiger partial charge in [-0.1, -0.05) is 24.3 Å². The number of aliphatic hydroxyl groups is 1. The van der Waals surface area contributed by atoms with Crippen LogP contribution in [0.1, 0.15) is 43.9 Å². The molecule has 0 spiro atoms. The minimum absolute atomic E-state index is 0.0102. The molecule has 2 fully saturated rings. The van der Waals surface area contributed by atoms with Crippen LogP contribution in [0.25, 0.3) is 0 Å². The van der Waals surface area contributed by atoms with Crippen LogP contribution in [0.2, 0.25) is 18.6 Å². The molecule has 1 amide bonds. The SMILES string of the molecule is C[C@H]1[C@H]([Si](C)(C)O)[C@@H](CCn2cc(CCO)nn2)O[C@H]1CCc1ccc(NC(=O)[C@H]2CCCN2)cc1. The van der Waals surface area contributed by atoms with Gasteiger partial charge in [0, 0.05) is 37.0 Å². The number of aliphatic hydroxyl groups excluding tert-OH is 1. The second-order valence-corrected chi connectivity index (χ2v) is 14.8. The number of anilines is 1. The fraction of sp³-hybridized carbons (Fsp3) is 0.654. The average molecular weight is 516 g/mol. The highest BCUT2D eigenvalue weighted by Crippen LogP contribution is 2.45. The van der Waals surface area contributed by atoms with E-state index in [9.17, 15) is 9.59 Å². The van der Waals surface area contributed by atoms with Crippen LogP contribution in [-0.4, -0.2) is 70.5 Å². The molecule has 198 valence electrons. The van der Waals surface area contributed by atoms with E-state index in [-0.39, 0.29) is 42.2 Å². The predicted octanol–water partition coefficient (Wildman–Crippen LogP) is 2.50. The van der Waals surface area contributed by atoms with Crippen LogP contribution in [0, 0.1) is 5.92 Å². The van der Waals surface area contributed by atoms with Gasteiger partial charge < -0.3 is 25.3 Å². The predicted molar refractivity (Wildman–Crippen MR) is 141 cm³/mol. The molecule has 36 heavy (non-hydrogen) atoms. The lowest BCUT2D eigenvalue weighted by atomic mass is 9.95. The molecule has 2 aromatic rings. The maximum atomic E-state index is 12.3. The molecule has 0 saturated carbocycles. The maximum Gasteiger partial charge on any atom is 0.241 e. The van der Waals surface area contributed by atoms with Gasteiger partial charge in [-0.2, -0.15) is 0 Å². The molecular formula is C26H41N5O4Si. The Hall–Kier alpha value is -2.11. The van der Waals surface area contributed by atoms with E-state index in [1.807, 2.05) is 31.4 Å². The molecule has 2 aliphatic heterocycles. The zero-order chi connectivity index (χ0) is 25.7. The molecule has 0 bridgehead atoms. The number of rotatable bonds is 11. The van der Waals surface area contributed by atoms with Gasteiger partial charge in [-0.05, 0) is 75.4 Å². The van der Waals surface area contributed by atoms with Crippen molar-refractivity contribution in [2.45, 2.75) is 88.9 Å². The van der Waals surface area contributed by atoms with E-state index in [1.165, 1.54) is 5.56 Å². The van der Waals surface area contributed by atoms with Gasteiger partial charge >= 0.3 is 0 Å². The number of hydrogen-bond donors (Lipinski definition) is 4. The summed E-state index contributed by atoms with van der Waals surface area (Å²) in [4.78, 5) is 23.4. The highest BCUT2D eigenvalue weighted by molar-refractivity contribution is 6.71. The first-order chi connectivity index (χ1) is 17.2. The molecule has 4 rings (SSSR count). The summed E-state index contributed by atoms with van der Waals surface area (Å²) in [6.45, 7) is 7.87. The Morgan fingerprint density at radius 3 is 2.67 bits per heavy atom. The topological polar surface area (TPSA) is 122 Å². The van der Waals surface area contributed by atoms with Crippen LogP contribution in [0.3, 0.4) is 0 Å². The van der Waals surface area contributed by atoms with Gasteiger partial charge in [0.1, 0.15) is 0 Å². The first-order valence-electron chi connectivity index (χ1n) is 13.3. The zero-order valence-corrected chi connectivity index (χ0v) is 22.7. The molecular weight excluding hydrogens is 474 g/mol. The van der Waals surface area contributed by atoms with Crippen LogP contribution in [0.15, 0.2) is 30.5 Å². The van der Waals surface area contributed by atoms with Gasteiger partial charge in [0.15, 0.2) is 8.32 Å². The third-order valence-electron chi connectivity index (χ3n) is 7.63. The number of carbonyl (C=O) groups excluding carboxylic acids is 1. The fourth-order valence-corrected chi connectivity index (χ4v) is 8.47. The molecule has 2 saturated heterocycles. The van der Waals surface area contributed by atoms with Crippen molar-refractivity contribution < 1.29 is 19.4 Å². The van der Waals surface area contributed by atoms with Crippen LogP contribution < -0.4 is 10.6 Å². The van der Waals surface area contributed by atoms with Gasteiger partial charge in [-0.3, -0.25) is 9.48 Å². The van der Waals surface area contributed by atoms with E-state index in [4.69, 9.17) is 9.84 Å². The number of hydrogen-bond acceptors (Lipinski definition) is 7. The monoisotopic (exact) mass is 515 g/mol. The van der Waals surface area contributed by atoms with Crippen LogP contribution in [0.5, 0.6) is 0 Å². The molecule has 0 unspecified atom stereocenters. The third-order valence-corrected chi connectivity index (χ3v) is 10.2. The number of amides is 1. The summed E-state index contributed by atoms with van der Waals surface area (Å²) in [7, 11) is -2.43. The Kier molecular flexibility index (Phi) is 8.95. The minimum atomic E-state index is -2.43. The maximum absolute atomic E-state index is 12.3. The molecule has 2 aliphatic rings. The Morgan fingerprint density at radius 1 is 1.22 bits per heavy atom. The fourth-order valence-electron chi connectivity index (χ4n) is 5.82. The van der Waals surface area contributed by atoms with Crippen molar-refractivity contribution in [3.05, 3.63) is 41.7 Å². The summed E-state index contributed by atoms with van der Waals surface area (Å²) < 4.78 is 8.36. The molecule has 1 aromatic carbocycles. The summed E-state index contributed by atoms with van der Waals surface area (Å²) in [6.07, 6.45) is 6.94. The lowest BCUT2D eigenvalue weighted by molar-refractivity contribution is -0.117. The summed E-state index contributed by atoms with van der Waals surface area (Å²) in [6, 6.07) is 8.01. The Bertz CT molecular complexity index is 987. The third kappa shape index (κ3) is 6.80. The Morgan fingerprint density at radius 2 is 2.00 bits per heavy atom. The van der Waals surface area contributed by atoms with E-state index < -0.39 is 8.32 Å². The van der Waals surface area contributed by atoms with E-state index in [0.717, 1.165) is 50.0 Å². The van der Waals surface area contributed by atoms with Crippen molar-refractivity contribution in [2.75, 3.05) is 18.5 Å². The number of nitrogens with zero attached hydrogens (tertiary/aromatic N) is 3. The molecule has 9 nitrogen and oxygen atoms in total. The van der Waals surface area contributed by atoms with Crippen LogP contribution in [0.4, 0.5) is 5.69 Å². The van der Waals surface area contributed by atoms with Gasteiger partial charge in [-0.15, -0.1) is 5.10 Å². The van der Waals surface area contributed by atoms with Crippen molar-refractivity contribution in [1.29, 1.82) is 0 Å². The quantitative estimate of drug-likeness (QED) is 0.339. The number of ether oxygens (including phenoxy) is 1. The molecule has 10 heteroatoms. The van der Waals surface area contributed by atoms with Crippen molar-refractivity contribution in [2.24, 2.45) is 5.92 Å². The molecule has 5 atom stereocenters. The highest BCUT2D eigenvalue weighted by atomic mass is 28.4. The smallest absolute Gasteiger partial charge is 0.241 e. The van der Waals surface area contributed by atoms with Crippen LogP contribution >= 0.6 is 0 Å². The van der Waals surface area contributed by atoms with E-state index in [1.54, 1.807) is 4.68 Å². The van der Waals surface area contributed by atoms with E-state index in [0.29, 0.717) is 13.0 Å². The molecule has 4 N–H and O–H groups in total. The lowest BCUT2D eigenvalue weighted by Crippen LogP contribution is -2.40. The van der Waals surface area contributed by atoms with Gasteiger partial charge in [-0.25, -0.2) is 0 Å². The summed E-state index contributed by atoms with van der Waals surface area (Å²) in [5.41, 5.74) is 2.98. The number of nitrogens with one attached hydrogen (secondary N) is 2. The second kappa shape index (κ2) is 12.0. The lowest BCUT2D eigenvalue weighted by Gasteiger charge is -2.30. The normalized spacial score (nSPS) is 26.4. The molecule has 1 aromatic heterocycles. The molecule has 3 heterocycles. The van der Waals surface area contributed by atoms with E-state index in [2.05, 4.69) is 40.0 Å². The van der Waals surface area contributed by atoms with Crippen molar-refractivity contribution in [3.8, 4) is 0 Å². The standard InChI is InChI=1S/C26H41N5O4Si/c1-18-23(11-8-19-6-9-20(10-7-19)28-26(33)22-5-4-14-27-22)35-24(25(18)36(2,3)34)12-15-31-17-21(13-16-32)29-30-31/h6-7,9-10,17-18,22-25,27,32,34H,4-5,8,11-16H2,1-3H3,(H,28,33)/t18-,22-,23+,24-,25+/m1/s1. The van der Waals surface area contributed by atoms with E-state index >= 15 is 0 Å². The largest absolute Gasteiger partial charge is 0.432 e. The Balaban J connectivity index is 1.31. The highest BCUT2D eigenvalue weighted by Gasteiger charge is 2.49. The summed E-state index contributed by atoms with van der Waals surface area (Å²) in [5.74, 6) is 0.316. The Labute approximate surface area is 214 Å². The minimum Gasteiger partial charge on any atom is -0.432 e. The summed E-state index contributed by atoms with van der Waals surface area (Å²) >= 11 is 0. The number of aromatic nitrogens is 3. The van der Waals surface area contributed by atoms with Gasteiger partial charge in [0.25, 0.3) is 0 Å². The summed E-state index contributed by atoms with van der Waals surface area (Å²) in [5, 5.41) is 23.6. The molecule has 0 radical (unpaired) electrons. The van der Waals surface area contributed by atoms with Gasteiger partial charge in [0.05, 0.1) is 23.9 Å². The number of aryl methyl sites for hydroxylation is 2. The number of benzene rings is 1. The number of carbonyl (C=O) groups is 1. The van der Waals surface area contributed by atoms with Crippen LogP contribution in [-0.2, 0) is 28.9 Å². The molecule has 0 aliphatic carbocycles. The van der Waals surface area contributed by atoms with Crippen molar-refractivity contribution >= 4 is 19.9 Å². The average Bonchev–Trinajstić information content (AvgIpc) is 3.58. The first kappa shape index (κ1) is 26.9.